The molecule has 3 heterocycles. The number of hydrogen-bond acceptors (Lipinski definition) is 3. The number of rotatable bonds is 6. The molecule has 4 rings (SSSR count). The predicted octanol–water partition coefficient (Wildman–Crippen LogP) is 3.91. The quantitative estimate of drug-likeness (QED) is 0.318. The summed E-state index contributed by atoms with van der Waals surface area (Å²) in [6.07, 6.45) is 7.40. The molecule has 3 aromatic heterocycles. The summed E-state index contributed by atoms with van der Waals surface area (Å²) in [7, 11) is 0. The van der Waals surface area contributed by atoms with Gasteiger partial charge in [0.15, 0.2) is 0 Å². The van der Waals surface area contributed by atoms with Crippen LogP contribution in [0.2, 0.25) is 0 Å². The van der Waals surface area contributed by atoms with E-state index in [0.29, 0.717) is 17.3 Å². The summed E-state index contributed by atoms with van der Waals surface area (Å²) in [5.41, 5.74) is 2.13. The Balaban J connectivity index is 1.52. The Morgan fingerprint density at radius 2 is 2.20 bits per heavy atom. The van der Waals surface area contributed by atoms with Crippen LogP contribution in [0.4, 0.5) is 17.1 Å². The van der Waals surface area contributed by atoms with Gasteiger partial charge in [-0.2, -0.15) is 0 Å². The van der Waals surface area contributed by atoms with E-state index in [1.165, 1.54) is 28.8 Å². The van der Waals surface area contributed by atoms with Gasteiger partial charge in [0.1, 0.15) is 0 Å². The van der Waals surface area contributed by atoms with Gasteiger partial charge in [-0.05, 0) is 0 Å². The number of fused-ring (bicyclic) bond motifs is 1. The summed E-state index contributed by atoms with van der Waals surface area (Å²) >= 11 is -1.81. The molecule has 0 bridgehead atoms. The zero-order chi connectivity index (χ0) is 21.3. The minimum atomic E-state index is -4.34. The first kappa shape index (κ1) is 20.9. The normalized spacial score (nSPS) is 13.9. The number of nitrogens with one attached hydrogen (secondary N) is 1. The molecule has 0 amide bonds. The number of alkyl halides is 3. The number of halogens is 4. The van der Waals surface area contributed by atoms with Gasteiger partial charge in [0.2, 0.25) is 0 Å². The van der Waals surface area contributed by atoms with Crippen molar-refractivity contribution >= 4 is 42.9 Å². The molecule has 0 radical (unpaired) electrons. The number of nitrogens with zero attached hydrogens (tertiary/aromatic N) is 3. The molecule has 1 aliphatic rings. The summed E-state index contributed by atoms with van der Waals surface area (Å²) in [4.78, 5) is 0.254. The van der Waals surface area contributed by atoms with E-state index in [1.54, 1.807) is 6.20 Å². The fourth-order valence-corrected chi connectivity index (χ4v) is 4.77. The summed E-state index contributed by atoms with van der Waals surface area (Å²) < 4.78 is 55.8. The Morgan fingerprint density at radius 3 is 2.90 bits per heavy atom. The van der Waals surface area contributed by atoms with Crippen LogP contribution in [0, 0.1) is 11.8 Å². The van der Waals surface area contributed by atoms with Gasteiger partial charge in [0.05, 0.1) is 0 Å². The first-order chi connectivity index (χ1) is 14.4. The van der Waals surface area contributed by atoms with Gasteiger partial charge in [-0.1, -0.05) is 0 Å². The van der Waals surface area contributed by atoms with Gasteiger partial charge in [0.25, 0.3) is 0 Å². The molecule has 0 atom stereocenters. The molecule has 4 nitrogen and oxygen atoms in total. The van der Waals surface area contributed by atoms with Crippen molar-refractivity contribution in [2.75, 3.05) is 6.54 Å². The van der Waals surface area contributed by atoms with E-state index in [4.69, 9.17) is 0 Å². The Hall–Kier alpha value is -2.34. The Labute approximate surface area is 181 Å². The molecule has 30 heavy (non-hydrogen) atoms. The Kier molecular flexibility index (Phi) is 5.87. The molecule has 0 unspecified atom stereocenters. The van der Waals surface area contributed by atoms with Crippen molar-refractivity contribution in [1.82, 2.24) is 19.5 Å². The Morgan fingerprint density at radius 1 is 1.40 bits per heavy atom. The molecule has 1 aliphatic carbocycles. The van der Waals surface area contributed by atoms with Gasteiger partial charge >= 0.3 is 181 Å². The average Bonchev–Trinajstić information content (AvgIpc) is 3.33. The molecule has 0 spiro atoms. The second-order valence-electron chi connectivity index (χ2n) is 6.69. The minimum absolute atomic E-state index is 0.00136. The van der Waals surface area contributed by atoms with Crippen molar-refractivity contribution in [2.45, 2.75) is 28.9 Å². The molecule has 3 aromatic rings. The van der Waals surface area contributed by atoms with Gasteiger partial charge in [0, 0.05) is 0 Å². The number of pyridine rings is 1. The van der Waals surface area contributed by atoms with E-state index in [1.807, 2.05) is 10.9 Å². The maximum atomic E-state index is 13.2. The van der Waals surface area contributed by atoms with Crippen molar-refractivity contribution < 1.29 is 17.1 Å². The fraction of sp³-hybridized carbons (Fsp3) is 0.250. The van der Waals surface area contributed by atoms with Crippen molar-refractivity contribution in [2.24, 2.45) is 0 Å². The monoisotopic (exact) mass is 500 g/mol. The van der Waals surface area contributed by atoms with Crippen molar-refractivity contribution in [1.29, 1.82) is 0 Å². The SMILES string of the molecule is C=C(NCC#Cc1cc2c(SF)cccn2c1[Se]C(F)(F)F)c1cnn(C2CC2)c1. The van der Waals surface area contributed by atoms with Crippen LogP contribution in [0.25, 0.3) is 11.2 Å². The summed E-state index contributed by atoms with van der Waals surface area (Å²) in [6.45, 7) is 4.17. The third-order valence-corrected chi connectivity index (χ3v) is 6.78. The van der Waals surface area contributed by atoms with E-state index in [9.17, 15) is 17.1 Å². The molecule has 156 valence electrons. The molecule has 0 saturated heterocycles. The molecule has 1 fully saturated rings. The molecule has 0 aromatic carbocycles. The van der Waals surface area contributed by atoms with E-state index in [-0.39, 0.29) is 33.7 Å². The molecule has 0 aliphatic heterocycles. The molecule has 1 saturated carbocycles. The van der Waals surface area contributed by atoms with Crippen LogP contribution in [0.1, 0.15) is 30.0 Å². The molecular formula is C20H16F4N4SSe. The summed E-state index contributed by atoms with van der Waals surface area (Å²) in [5.74, 6) is 5.65. The summed E-state index contributed by atoms with van der Waals surface area (Å²) in [6, 6.07) is 5.02. The standard InChI is InChI=1S/C20H16F4N4SSe/c1-13(15-11-26-28(12-15)16-6-7-16)25-8-2-4-14-10-17-18(29-24)5-3-9-27(17)19(14)30-20(21,22)23/h3,5,9-12,16,25H,1,6-8H2. The van der Waals surface area contributed by atoms with Crippen molar-refractivity contribution in [3.05, 3.63) is 54.5 Å². The van der Waals surface area contributed by atoms with Crippen LogP contribution >= 0.6 is 12.1 Å². The molecule has 1 N–H and O–H groups in total. The first-order valence-corrected chi connectivity index (χ1v) is 11.4. The average molecular weight is 499 g/mol. The number of hydrogen-bond donors (Lipinski definition) is 1. The van der Waals surface area contributed by atoms with E-state index in [2.05, 4.69) is 28.8 Å². The van der Waals surface area contributed by atoms with E-state index >= 15 is 0 Å². The zero-order valence-electron chi connectivity index (χ0n) is 15.5. The maximum absolute atomic E-state index is 13.2. The van der Waals surface area contributed by atoms with E-state index in [0.717, 1.165) is 18.4 Å². The first-order valence-electron chi connectivity index (χ1n) is 9.00. The topological polar surface area (TPSA) is 34.3 Å². The van der Waals surface area contributed by atoms with Gasteiger partial charge < -0.3 is 0 Å². The van der Waals surface area contributed by atoms with Crippen LogP contribution in [0.5, 0.6) is 0 Å². The summed E-state index contributed by atoms with van der Waals surface area (Å²) in [5, 5.41) is 3.02. The van der Waals surface area contributed by atoms with Crippen molar-refractivity contribution in [3.63, 3.8) is 0 Å². The van der Waals surface area contributed by atoms with Gasteiger partial charge in [-0.25, -0.2) is 0 Å². The molecular weight excluding hydrogens is 483 g/mol. The van der Waals surface area contributed by atoms with E-state index < -0.39 is 20.0 Å². The van der Waals surface area contributed by atoms with Crippen LogP contribution in [-0.4, -0.2) is 40.8 Å². The third kappa shape index (κ3) is 4.69. The zero-order valence-corrected chi connectivity index (χ0v) is 18.1. The Bertz CT molecular complexity index is 1150. The van der Waals surface area contributed by atoms with Crippen LogP contribution < -0.4 is 9.91 Å². The third-order valence-electron chi connectivity index (χ3n) is 4.50. The second-order valence-corrected chi connectivity index (χ2v) is 9.49. The number of aromatic nitrogens is 3. The van der Waals surface area contributed by atoms with Crippen LogP contribution in [0.15, 0.2) is 48.3 Å². The predicted molar refractivity (Wildman–Crippen MR) is 110 cm³/mol. The van der Waals surface area contributed by atoms with Gasteiger partial charge in [-0.3, -0.25) is 0 Å². The van der Waals surface area contributed by atoms with Gasteiger partial charge in [-0.15, -0.1) is 0 Å². The fourth-order valence-electron chi connectivity index (χ4n) is 2.94. The van der Waals surface area contributed by atoms with Crippen LogP contribution in [0.3, 0.4) is 0 Å². The van der Waals surface area contributed by atoms with Crippen LogP contribution in [-0.2, 0) is 0 Å². The second kappa shape index (κ2) is 8.42. The molecule has 10 heteroatoms. The van der Waals surface area contributed by atoms with Crippen molar-refractivity contribution in [3.8, 4) is 11.8 Å².